The van der Waals surface area contributed by atoms with Crippen molar-refractivity contribution >= 4 is 0 Å². The van der Waals surface area contributed by atoms with E-state index >= 15 is 0 Å². The normalized spacial score (nSPS) is 34.6. The largest absolute Gasteiger partial charge is 0.370 e. The molecule has 0 radical (unpaired) electrons. The van der Waals surface area contributed by atoms with Crippen LogP contribution in [0.15, 0.2) is 0 Å². The van der Waals surface area contributed by atoms with Gasteiger partial charge in [-0.15, -0.1) is 0 Å². The highest BCUT2D eigenvalue weighted by Crippen LogP contribution is 2.41. The van der Waals surface area contributed by atoms with Crippen molar-refractivity contribution in [1.82, 2.24) is 10.2 Å². The molecule has 3 rings (SSSR count). The number of hydrogen-bond acceptors (Lipinski definition) is 3. The van der Waals surface area contributed by atoms with Gasteiger partial charge in [-0.1, -0.05) is 19.3 Å². The van der Waals surface area contributed by atoms with Crippen LogP contribution in [0, 0.1) is 5.92 Å². The number of rotatable bonds is 4. The third-order valence-corrected chi connectivity index (χ3v) is 5.63. The lowest BCUT2D eigenvalue weighted by Crippen LogP contribution is -2.40. The molecule has 2 atom stereocenters. The van der Waals surface area contributed by atoms with E-state index in [1.54, 1.807) is 0 Å². The number of nitrogens with zero attached hydrogens (tertiary/aromatic N) is 1. The first kappa shape index (κ1) is 14.8. The van der Waals surface area contributed by atoms with Gasteiger partial charge in [-0.2, -0.15) is 0 Å². The molecule has 1 N–H and O–H groups in total. The Labute approximate surface area is 124 Å². The lowest BCUT2D eigenvalue weighted by molar-refractivity contribution is -0.0625. The SMILES string of the molecule is CN1CCCC(CNCC2CCC3(CCCCC3)O2)C1. The van der Waals surface area contributed by atoms with E-state index in [1.165, 1.54) is 77.4 Å². The topological polar surface area (TPSA) is 24.5 Å². The fourth-order valence-electron chi connectivity index (χ4n) is 4.49. The smallest absolute Gasteiger partial charge is 0.0708 e. The first-order valence-corrected chi connectivity index (χ1v) is 8.83. The van der Waals surface area contributed by atoms with Gasteiger partial charge in [-0.05, 0) is 64.6 Å². The zero-order chi connectivity index (χ0) is 13.8. The van der Waals surface area contributed by atoms with Crippen molar-refractivity contribution in [2.24, 2.45) is 5.92 Å². The van der Waals surface area contributed by atoms with Crippen molar-refractivity contribution in [2.45, 2.75) is 69.5 Å². The summed E-state index contributed by atoms with van der Waals surface area (Å²) in [5, 5.41) is 3.69. The minimum atomic E-state index is 0.287. The predicted octanol–water partition coefficient (Wildman–Crippen LogP) is 2.80. The van der Waals surface area contributed by atoms with Gasteiger partial charge in [0.05, 0.1) is 11.7 Å². The predicted molar refractivity (Wildman–Crippen MR) is 83.0 cm³/mol. The van der Waals surface area contributed by atoms with Crippen molar-refractivity contribution < 1.29 is 4.74 Å². The van der Waals surface area contributed by atoms with Crippen LogP contribution in [-0.4, -0.2) is 49.8 Å². The van der Waals surface area contributed by atoms with Gasteiger partial charge in [-0.3, -0.25) is 0 Å². The fourth-order valence-corrected chi connectivity index (χ4v) is 4.49. The van der Waals surface area contributed by atoms with Crippen LogP contribution in [-0.2, 0) is 4.74 Å². The summed E-state index contributed by atoms with van der Waals surface area (Å²) in [7, 11) is 2.25. The number of hydrogen-bond donors (Lipinski definition) is 1. The lowest BCUT2D eigenvalue weighted by Gasteiger charge is -2.33. The average Bonchev–Trinajstić information content (AvgIpc) is 2.83. The van der Waals surface area contributed by atoms with Crippen LogP contribution in [0.4, 0.5) is 0 Å². The number of piperidine rings is 1. The molecule has 1 spiro atoms. The first-order valence-electron chi connectivity index (χ1n) is 8.83. The molecule has 2 saturated heterocycles. The van der Waals surface area contributed by atoms with Gasteiger partial charge >= 0.3 is 0 Å². The van der Waals surface area contributed by atoms with Crippen LogP contribution in [0.25, 0.3) is 0 Å². The van der Waals surface area contributed by atoms with E-state index in [1.807, 2.05) is 0 Å². The van der Waals surface area contributed by atoms with E-state index in [-0.39, 0.29) is 5.60 Å². The highest BCUT2D eigenvalue weighted by molar-refractivity contribution is 4.91. The van der Waals surface area contributed by atoms with Crippen molar-refractivity contribution in [3.8, 4) is 0 Å². The maximum Gasteiger partial charge on any atom is 0.0708 e. The summed E-state index contributed by atoms with van der Waals surface area (Å²) >= 11 is 0. The van der Waals surface area contributed by atoms with Gasteiger partial charge in [0.2, 0.25) is 0 Å². The molecule has 3 heteroatoms. The van der Waals surface area contributed by atoms with Gasteiger partial charge in [0.25, 0.3) is 0 Å². The van der Waals surface area contributed by atoms with Crippen LogP contribution >= 0.6 is 0 Å². The summed E-state index contributed by atoms with van der Waals surface area (Å²) < 4.78 is 6.43. The van der Waals surface area contributed by atoms with E-state index in [0.717, 1.165) is 12.5 Å². The molecular formula is C17H32N2O. The van der Waals surface area contributed by atoms with Crippen LogP contribution in [0.1, 0.15) is 57.8 Å². The van der Waals surface area contributed by atoms with Crippen molar-refractivity contribution in [1.29, 1.82) is 0 Å². The molecule has 0 bridgehead atoms. The molecule has 0 aromatic carbocycles. The molecule has 116 valence electrons. The Bertz CT molecular complexity index is 301. The average molecular weight is 280 g/mol. The molecule has 2 aliphatic heterocycles. The molecule has 2 unspecified atom stereocenters. The van der Waals surface area contributed by atoms with E-state index in [4.69, 9.17) is 4.74 Å². The summed E-state index contributed by atoms with van der Waals surface area (Å²) in [5.74, 6) is 0.846. The minimum Gasteiger partial charge on any atom is -0.370 e. The Morgan fingerprint density at radius 1 is 1.05 bits per heavy atom. The van der Waals surface area contributed by atoms with Crippen molar-refractivity contribution in [3.63, 3.8) is 0 Å². The Morgan fingerprint density at radius 3 is 2.70 bits per heavy atom. The van der Waals surface area contributed by atoms with Crippen LogP contribution < -0.4 is 5.32 Å². The van der Waals surface area contributed by atoms with E-state index in [0.29, 0.717) is 6.10 Å². The Balaban J connectivity index is 1.35. The second-order valence-electron chi connectivity index (χ2n) is 7.45. The molecule has 0 amide bonds. The third-order valence-electron chi connectivity index (χ3n) is 5.63. The van der Waals surface area contributed by atoms with Gasteiger partial charge in [-0.25, -0.2) is 0 Å². The van der Waals surface area contributed by atoms with Gasteiger partial charge in [0.15, 0.2) is 0 Å². The molecular weight excluding hydrogens is 248 g/mol. The van der Waals surface area contributed by atoms with Gasteiger partial charge in [0.1, 0.15) is 0 Å². The van der Waals surface area contributed by atoms with E-state index in [2.05, 4.69) is 17.3 Å². The summed E-state index contributed by atoms with van der Waals surface area (Å²) in [6.45, 7) is 4.80. The summed E-state index contributed by atoms with van der Waals surface area (Å²) in [5.41, 5.74) is 0.287. The van der Waals surface area contributed by atoms with Crippen LogP contribution in [0.2, 0.25) is 0 Å². The van der Waals surface area contributed by atoms with Crippen LogP contribution in [0.3, 0.4) is 0 Å². The highest BCUT2D eigenvalue weighted by Gasteiger charge is 2.40. The monoisotopic (exact) mass is 280 g/mol. The fraction of sp³-hybridized carbons (Fsp3) is 1.00. The van der Waals surface area contributed by atoms with Crippen molar-refractivity contribution in [2.75, 3.05) is 33.2 Å². The Morgan fingerprint density at radius 2 is 1.90 bits per heavy atom. The molecule has 20 heavy (non-hydrogen) atoms. The molecule has 0 aromatic rings. The van der Waals surface area contributed by atoms with Crippen LogP contribution in [0.5, 0.6) is 0 Å². The first-order chi connectivity index (χ1) is 9.76. The second-order valence-corrected chi connectivity index (χ2v) is 7.45. The Kier molecular flexibility index (Phi) is 5.00. The summed E-state index contributed by atoms with van der Waals surface area (Å²) in [6.07, 6.45) is 12.6. The molecule has 3 aliphatic rings. The molecule has 1 saturated carbocycles. The standard InChI is InChI=1S/C17H32N2O/c1-19-11-5-6-15(14-19)12-18-13-16-7-10-17(20-16)8-3-2-4-9-17/h15-16,18H,2-14H2,1H3. The summed E-state index contributed by atoms with van der Waals surface area (Å²) in [4.78, 5) is 2.47. The molecule has 1 aliphatic carbocycles. The third kappa shape index (κ3) is 3.75. The number of ether oxygens (including phenoxy) is 1. The van der Waals surface area contributed by atoms with E-state index < -0.39 is 0 Å². The zero-order valence-electron chi connectivity index (χ0n) is 13.2. The maximum absolute atomic E-state index is 6.43. The van der Waals surface area contributed by atoms with Crippen molar-refractivity contribution in [3.05, 3.63) is 0 Å². The van der Waals surface area contributed by atoms with Gasteiger partial charge in [0, 0.05) is 13.1 Å². The molecule has 2 heterocycles. The molecule has 0 aromatic heterocycles. The number of nitrogens with one attached hydrogen (secondary N) is 1. The lowest BCUT2D eigenvalue weighted by atomic mass is 9.83. The molecule has 3 nitrogen and oxygen atoms in total. The molecule has 3 fully saturated rings. The second kappa shape index (κ2) is 6.76. The highest BCUT2D eigenvalue weighted by atomic mass is 16.5. The van der Waals surface area contributed by atoms with Gasteiger partial charge < -0.3 is 15.0 Å². The zero-order valence-corrected chi connectivity index (χ0v) is 13.2. The van der Waals surface area contributed by atoms with E-state index in [9.17, 15) is 0 Å². The maximum atomic E-state index is 6.43. The quantitative estimate of drug-likeness (QED) is 0.857. The number of likely N-dealkylation sites (tertiary alicyclic amines) is 1. The minimum absolute atomic E-state index is 0.287. The summed E-state index contributed by atoms with van der Waals surface area (Å²) in [6, 6.07) is 0. The Hall–Kier alpha value is -0.120.